The van der Waals surface area contributed by atoms with Crippen molar-refractivity contribution >= 4 is 65.0 Å². The molecule has 0 saturated carbocycles. The Balaban J connectivity index is 2.03. The van der Waals surface area contributed by atoms with E-state index >= 15 is 0 Å². The van der Waals surface area contributed by atoms with Gasteiger partial charge in [0.1, 0.15) is 0 Å². The Morgan fingerprint density at radius 1 is 0.871 bits per heavy atom. The third-order valence-corrected chi connectivity index (χ3v) is 10.0. The molecule has 5 rings (SSSR count). The first-order chi connectivity index (χ1) is 14.3. The van der Waals surface area contributed by atoms with Gasteiger partial charge in [0.2, 0.25) is 0 Å². The molecule has 0 amide bonds. The van der Waals surface area contributed by atoms with Crippen LogP contribution in [-0.4, -0.2) is 23.3 Å². The number of thiophene rings is 1. The fraction of sp³-hybridized carbons (Fsp3) is 0.0909. The Labute approximate surface area is 179 Å². The van der Waals surface area contributed by atoms with Gasteiger partial charge < -0.3 is 0 Å². The molecule has 2 aromatic heterocycles. The zero-order chi connectivity index (χ0) is 22.2. The summed E-state index contributed by atoms with van der Waals surface area (Å²) in [4.78, 5) is 4.60. The number of fused-ring (bicyclic) bond motifs is 3. The van der Waals surface area contributed by atoms with Gasteiger partial charge in [-0.05, 0) is 0 Å². The quantitative estimate of drug-likeness (QED) is 0.107. The molecule has 0 saturated heterocycles. The fourth-order valence-corrected chi connectivity index (χ4v) is 8.61. The van der Waals surface area contributed by atoms with Crippen LogP contribution in [0, 0.1) is 6.92 Å². The molecule has 0 atom stereocenters. The molecule has 0 aliphatic rings. The van der Waals surface area contributed by atoms with E-state index in [1.807, 2.05) is 31.2 Å². The Morgan fingerprint density at radius 2 is 1.52 bits per heavy atom. The molecule has 0 N–H and O–H groups in total. The van der Waals surface area contributed by atoms with Gasteiger partial charge in [0.15, 0.2) is 0 Å². The maximum atomic E-state index is 14.3. The summed E-state index contributed by atoms with van der Waals surface area (Å²) in [6.07, 6.45) is 1.18. The molecular formula is C22H16F5N2STe+. The van der Waals surface area contributed by atoms with Gasteiger partial charge in [0.25, 0.3) is 0 Å². The van der Waals surface area contributed by atoms with E-state index in [9.17, 15) is 14.5 Å². The predicted molar refractivity (Wildman–Crippen MR) is 117 cm³/mol. The number of aryl methyl sites for hydroxylation is 2. The van der Waals surface area contributed by atoms with E-state index < -0.39 is 32.8 Å². The number of halogens is 5. The average Bonchev–Trinajstić information content (AvgIpc) is 3.01. The minimum absolute atomic E-state index is 0.0609. The SMILES string of the molecule is Cc1c(-c2c3cc4ccccc4c([Te](F)(F)(F)(F)F)c3nc[n+]2C)sc2ccccc12. The number of hydrogen-bond donors (Lipinski definition) is 0. The van der Waals surface area contributed by atoms with E-state index in [0.717, 1.165) is 26.6 Å². The molecule has 2 heterocycles. The summed E-state index contributed by atoms with van der Waals surface area (Å²) in [5.74, 6) is 0. The number of rotatable bonds is 2. The van der Waals surface area contributed by atoms with Gasteiger partial charge in [-0.1, -0.05) is 0 Å². The van der Waals surface area contributed by atoms with Crippen molar-refractivity contribution in [2.75, 3.05) is 0 Å². The molecule has 5 aromatic rings. The zero-order valence-corrected chi connectivity index (χ0v) is 19.5. The topological polar surface area (TPSA) is 16.8 Å². The van der Waals surface area contributed by atoms with E-state index in [2.05, 4.69) is 4.98 Å². The van der Waals surface area contributed by atoms with Crippen LogP contribution in [0.2, 0.25) is 0 Å². The van der Waals surface area contributed by atoms with Crippen LogP contribution < -0.4 is 8.18 Å². The van der Waals surface area contributed by atoms with Crippen molar-refractivity contribution < 1.29 is 19.0 Å². The van der Waals surface area contributed by atoms with Crippen molar-refractivity contribution in [3.8, 4) is 10.6 Å². The van der Waals surface area contributed by atoms with Crippen LogP contribution in [-0.2, 0) is 7.05 Å². The van der Waals surface area contributed by atoms with Crippen molar-refractivity contribution in [2.45, 2.75) is 6.92 Å². The molecule has 31 heavy (non-hydrogen) atoms. The van der Waals surface area contributed by atoms with Gasteiger partial charge in [-0.25, -0.2) is 0 Å². The van der Waals surface area contributed by atoms with E-state index in [-0.39, 0.29) is 10.8 Å². The van der Waals surface area contributed by atoms with E-state index in [4.69, 9.17) is 0 Å². The molecule has 2 nitrogen and oxygen atoms in total. The normalized spacial score (nSPS) is 14.8. The van der Waals surface area contributed by atoms with Gasteiger partial charge in [-0.3, -0.25) is 0 Å². The Kier molecular flexibility index (Phi) is 3.92. The summed E-state index contributed by atoms with van der Waals surface area (Å²) < 4.78 is 72.3. The second-order valence-electron chi connectivity index (χ2n) is 7.55. The van der Waals surface area contributed by atoms with E-state index in [1.165, 1.54) is 41.9 Å². The summed E-state index contributed by atoms with van der Waals surface area (Å²) in [6.45, 7) is 1.89. The van der Waals surface area contributed by atoms with Gasteiger partial charge in [-0.2, -0.15) is 0 Å². The van der Waals surface area contributed by atoms with Crippen molar-refractivity contribution in [3.63, 3.8) is 0 Å². The first kappa shape index (κ1) is 20.6. The fourth-order valence-electron chi connectivity index (χ4n) is 4.08. The average molecular weight is 563 g/mol. The van der Waals surface area contributed by atoms with E-state index in [0.29, 0.717) is 5.69 Å². The standard InChI is InChI=1S/C22H16F5N2STe/c1-13-15-8-5-6-10-18(15)30-21(13)20-17-11-14-7-3-4-9-16(14)22(31(23,24,25,26)27)19(17)28-12-29(20)2/h3-12H,1-2H3/q+1. The monoisotopic (exact) mass is 565 g/mol. The number of benzene rings is 3. The van der Waals surface area contributed by atoms with Crippen LogP contribution in [0.1, 0.15) is 5.56 Å². The van der Waals surface area contributed by atoms with Gasteiger partial charge in [0, 0.05) is 0 Å². The first-order valence-corrected chi connectivity index (χ1v) is 15.7. The van der Waals surface area contributed by atoms with Crippen LogP contribution in [0.5, 0.6) is 0 Å². The molecule has 9 heteroatoms. The Bertz CT molecular complexity index is 1540. The zero-order valence-electron chi connectivity index (χ0n) is 16.4. The molecule has 0 spiro atoms. The van der Waals surface area contributed by atoms with Crippen molar-refractivity contribution in [1.29, 1.82) is 0 Å². The summed E-state index contributed by atoms with van der Waals surface area (Å²) in [5.41, 5.74) is 0.624. The summed E-state index contributed by atoms with van der Waals surface area (Å²) in [5, 5.41) is 0.630. The van der Waals surface area contributed by atoms with Gasteiger partial charge in [-0.15, -0.1) is 0 Å². The Morgan fingerprint density at radius 3 is 2.19 bits per heavy atom. The van der Waals surface area contributed by atoms with Crippen LogP contribution >= 0.6 is 11.3 Å². The summed E-state index contributed by atoms with van der Waals surface area (Å²) in [7, 11) is 1.66. The number of hydrogen-bond acceptors (Lipinski definition) is 2. The van der Waals surface area contributed by atoms with Crippen LogP contribution in [0.3, 0.4) is 0 Å². The number of nitrogens with zero attached hydrogens (tertiary/aromatic N) is 2. The Hall–Kier alpha value is -2.34. The molecule has 0 aliphatic heterocycles. The molecule has 0 fully saturated rings. The third-order valence-electron chi connectivity index (χ3n) is 5.39. The minimum atomic E-state index is -11.0. The van der Waals surface area contributed by atoms with Gasteiger partial charge >= 0.3 is 180 Å². The second-order valence-corrected chi connectivity index (χ2v) is 15.3. The first-order valence-electron chi connectivity index (χ1n) is 9.28. The molecule has 3 aromatic carbocycles. The summed E-state index contributed by atoms with van der Waals surface area (Å²) in [6, 6.07) is 14.6. The van der Waals surface area contributed by atoms with Crippen LogP contribution in [0.25, 0.3) is 42.3 Å². The van der Waals surface area contributed by atoms with Crippen molar-refractivity contribution in [3.05, 3.63) is 66.5 Å². The van der Waals surface area contributed by atoms with E-state index in [1.54, 1.807) is 11.6 Å². The molecule has 0 radical (unpaired) electrons. The molecule has 0 bridgehead atoms. The molecule has 0 aliphatic carbocycles. The molecule has 160 valence electrons. The maximum absolute atomic E-state index is 14.3. The predicted octanol–water partition coefficient (Wildman–Crippen LogP) is 6.30. The van der Waals surface area contributed by atoms with Crippen molar-refractivity contribution in [2.24, 2.45) is 7.05 Å². The molecule has 0 unspecified atom stereocenters. The third kappa shape index (κ3) is 3.27. The molecular weight excluding hydrogens is 547 g/mol. The number of aromatic nitrogens is 2. The van der Waals surface area contributed by atoms with Crippen molar-refractivity contribution in [1.82, 2.24) is 4.98 Å². The summed E-state index contributed by atoms with van der Waals surface area (Å²) >= 11 is -9.60. The second kappa shape index (κ2) is 5.91. The van der Waals surface area contributed by atoms with Crippen LogP contribution in [0.15, 0.2) is 60.9 Å². The van der Waals surface area contributed by atoms with Crippen LogP contribution in [0.4, 0.5) is 14.5 Å². The van der Waals surface area contributed by atoms with Gasteiger partial charge in [0.05, 0.1) is 0 Å².